The van der Waals surface area contributed by atoms with Crippen LogP contribution in [0.2, 0.25) is 0 Å². The predicted octanol–water partition coefficient (Wildman–Crippen LogP) is 4.00. The molecule has 1 heterocycles. The molecular weight excluding hydrogens is 276 g/mol. The van der Waals surface area contributed by atoms with E-state index < -0.39 is 0 Å². The Morgan fingerprint density at radius 3 is 2.18 bits per heavy atom. The monoisotopic (exact) mass is 292 g/mol. The molecule has 2 nitrogen and oxygen atoms in total. The lowest BCUT2D eigenvalue weighted by atomic mass is 9.96. The summed E-state index contributed by atoms with van der Waals surface area (Å²) in [5, 5.41) is 0. The van der Waals surface area contributed by atoms with Crippen molar-refractivity contribution >= 4 is 15.9 Å². The summed E-state index contributed by atoms with van der Waals surface area (Å²) in [7, 11) is 0. The van der Waals surface area contributed by atoms with Crippen molar-refractivity contribution in [3.63, 3.8) is 0 Å². The molecule has 1 aromatic heterocycles. The first-order valence-electron chi connectivity index (χ1n) is 5.75. The van der Waals surface area contributed by atoms with E-state index in [1.165, 1.54) is 22.3 Å². The van der Waals surface area contributed by atoms with Crippen LogP contribution in [0.5, 0.6) is 0 Å². The zero-order chi connectivity index (χ0) is 12.6. The van der Waals surface area contributed by atoms with Crippen LogP contribution in [0.3, 0.4) is 0 Å². The number of aromatic nitrogens is 2. The minimum Gasteiger partial charge on any atom is -0.345 e. The van der Waals surface area contributed by atoms with Crippen molar-refractivity contribution in [1.82, 2.24) is 9.97 Å². The van der Waals surface area contributed by atoms with Crippen LogP contribution in [0.4, 0.5) is 0 Å². The van der Waals surface area contributed by atoms with Gasteiger partial charge in [0, 0.05) is 6.42 Å². The van der Waals surface area contributed by atoms with Crippen molar-refractivity contribution in [3.05, 3.63) is 50.5 Å². The molecule has 0 saturated heterocycles. The Morgan fingerprint density at radius 1 is 1.12 bits per heavy atom. The first kappa shape index (κ1) is 12.4. The number of benzene rings is 1. The average molecular weight is 293 g/mol. The zero-order valence-electron chi connectivity index (χ0n) is 10.7. The second-order valence-electron chi connectivity index (χ2n) is 4.65. The third-order valence-electron chi connectivity index (χ3n) is 3.04. The number of halogens is 1. The number of hydrogen-bond donors (Lipinski definition) is 1. The van der Waals surface area contributed by atoms with Gasteiger partial charge < -0.3 is 4.98 Å². The first-order valence-corrected chi connectivity index (χ1v) is 6.54. The van der Waals surface area contributed by atoms with E-state index in [2.05, 4.69) is 58.8 Å². The molecule has 2 rings (SSSR count). The van der Waals surface area contributed by atoms with E-state index in [0.717, 1.165) is 22.5 Å². The van der Waals surface area contributed by atoms with E-state index in [1.54, 1.807) is 0 Å². The van der Waals surface area contributed by atoms with Crippen molar-refractivity contribution in [2.75, 3.05) is 0 Å². The van der Waals surface area contributed by atoms with Gasteiger partial charge in [-0.15, -0.1) is 0 Å². The molecule has 1 N–H and O–H groups in total. The van der Waals surface area contributed by atoms with Gasteiger partial charge in [0.15, 0.2) is 0 Å². The van der Waals surface area contributed by atoms with Gasteiger partial charge in [0.2, 0.25) is 0 Å². The summed E-state index contributed by atoms with van der Waals surface area (Å²) in [6, 6.07) is 4.47. The lowest BCUT2D eigenvalue weighted by Gasteiger charge is -2.10. The highest BCUT2D eigenvalue weighted by Gasteiger charge is 2.10. The van der Waals surface area contributed by atoms with Crippen LogP contribution in [-0.2, 0) is 6.42 Å². The molecule has 0 aliphatic heterocycles. The highest BCUT2D eigenvalue weighted by Crippen LogP contribution is 2.23. The molecule has 0 aliphatic carbocycles. The second-order valence-corrected chi connectivity index (χ2v) is 5.40. The lowest BCUT2D eigenvalue weighted by Crippen LogP contribution is -1.97. The molecule has 0 bridgehead atoms. The fourth-order valence-electron chi connectivity index (χ4n) is 2.30. The number of aryl methyl sites for hydroxylation is 4. The lowest BCUT2D eigenvalue weighted by molar-refractivity contribution is 1.04. The summed E-state index contributed by atoms with van der Waals surface area (Å²) in [6.45, 7) is 8.46. The molecule has 17 heavy (non-hydrogen) atoms. The van der Waals surface area contributed by atoms with Crippen LogP contribution in [0.1, 0.15) is 33.8 Å². The Kier molecular flexibility index (Phi) is 3.38. The molecule has 0 amide bonds. The number of nitrogens with one attached hydrogen (secondary N) is 1. The number of nitrogens with zero attached hydrogens (tertiary/aromatic N) is 1. The average Bonchev–Trinajstić information content (AvgIpc) is 2.51. The highest BCUT2D eigenvalue weighted by molar-refractivity contribution is 9.10. The van der Waals surface area contributed by atoms with Gasteiger partial charge in [-0.05, 0) is 60.3 Å². The van der Waals surface area contributed by atoms with E-state index >= 15 is 0 Å². The standard InChI is InChI=1S/C14H17BrN2/c1-8-5-9(2)12(10(3)6-8)7-13-14(15)17-11(4)16-13/h5-6H,7H2,1-4H3,(H,16,17). The molecule has 3 heteroatoms. The van der Waals surface area contributed by atoms with Crippen LogP contribution < -0.4 is 0 Å². The molecule has 1 aromatic carbocycles. The molecule has 90 valence electrons. The molecule has 0 radical (unpaired) electrons. The summed E-state index contributed by atoms with van der Waals surface area (Å²) in [6.07, 6.45) is 0.902. The van der Waals surface area contributed by atoms with Gasteiger partial charge in [0.1, 0.15) is 10.4 Å². The minimum absolute atomic E-state index is 0.902. The Hall–Kier alpha value is -1.09. The summed E-state index contributed by atoms with van der Waals surface area (Å²) in [4.78, 5) is 7.65. The largest absolute Gasteiger partial charge is 0.345 e. The van der Waals surface area contributed by atoms with Gasteiger partial charge in [0.25, 0.3) is 0 Å². The smallest absolute Gasteiger partial charge is 0.127 e. The normalized spacial score (nSPS) is 10.9. The van der Waals surface area contributed by atoms with Crippen molar-refractivity contribution in [2.45, 2.75) is 34.1 Å². The highest BCUT2D eigenvalue weighted by atomic mass is 79.9. The third-order valence-corrected chi connectivity index (χ3v) is 3.70. The van der Waals surface area contributed by atoms with Crippen LogP contribution in [0.15, 0.2) is 16.7 Å². The van der Waals surface area contributed by atoms with E-state index in [4.69, 9.17) is 0 Å². The fourth-order valence-corrected chi connectivity index (χ4v) is 2.80. The number of hydrogen-bond acceptors (Lipinski definition) is 1. The SMILES string of the molecule is Cc1cc(C)c(Cc2[nH]c(C)nc2Br)c(C)c1. The summed E-state index contributed by atoms with van der Waals surface area (Å²) < 4.78 is 0.925. The van der Waals surface area contributed by atoms with E-state index in [-0.39, 0.29) is 0 Å². The van der Waals surface area contributed by atoms with Crippen LogP contribution in [0, 0.1) is 27.7 Å². The van der Waals surface area contributed by atoms with Crippen molar-refractivity contribution in [1.29, 1.82) is 0 Å². The van der Waals surface area contributed by atoms with Crippen LogP contribution in [-0.4, -0.2) is 9.97 Å². The summed E-state index contributed by atoms with van der Waals surface area (Å²) >= 11 is 3.50. The van der Waals surface area contributed by atoms with Gasteiger partial charge in [-0.3, -0.25) is 0 Å². The maximum absolute atomic E-state index is 4.35. The molecular formula is C14H17BrN2. The molecule has 0 fully saturated rings. The molecule has 2 aromatic rings. The molecule has 0 unspecified atom stereocenters. The van der Waals surface area contributed by atoms with Gasteiger partial charge in [-0.1, -0.05) is 17.7 Å². The van der Waals surface area contributed by atoms with Crippen molar-refractivity contribution in [3.8, 4) is 0 Å². The van der Waals surface area contributed by atoms with Crippen molar-refractivity contribution < 1.29 is 0 Å². The molecule has 0 spiro atoms. The topological polar surface area (TPSA) is 28.7 Å². The molecule has 0 saturated carbocycles. The molecule has 0 atom stereocenters. The summed E-state index contributed by atoms with van der Waals surface area (Å²) in [5.41, 5.74) is 6.56. The number of imidazole rings is 1. The fraction of sp³-hybridized carbons (Fsp3) is 0.357. The van der Waals surface area contributed by atoms with Crippen LogP contribution >= 0.6 is 15.9 Å². The Morgan fingerprint density at radius 2 is 1.71 bits per heavy atom. The Labute approximate surface area is 111 Å². The van der Waals surface area contributed by atoms with Gasteiger partial charge in [-0.25, -0.2) is 4.98 Å². The van der Waals surface area contributed by atoms with Crippen molar-refractivity contribution in [2.24, 2.45) is 0 Å². The number of aromatic amines is 1. The van der Waals surface area contributed by atoms with E-state index in [1.807, 2.05) is 6.92 Å². The zero-order valence-corrected chi connectivity index (χ0v) is 12.3. The Balaban J connectivity index is 2.39. The van der Waals surface area contributed by atoms with Crippen LogP contribution in [0.25, 0.3) is 0 Å². The number of H-pyrrole nitrogens is 1. The minimum atomic E-state index is 0.902. The first-order chi connectivity index (χ1) is 7.97. The maximum atomic E-state index is 4.35. The summed E-state index contributed by atoms with van der Waals surface area (Å²) in [5.74, 6) is 0.953. The molecule has 0 aliphatic rings. The maximum Gasteiger partial charge on any atom is 0.127 e. The number of rotatable bonds is 2. The quantitative estimate of drug-likeness (QED) is 0.891. The van der Waals surface area contributed by atoms with Gasteiger partial charge in [-0.2, -0.15) is 0 Å². The predicted molar refractivity (Wildman–Crippen MR) is 74.5 cm³/mol. The van der Waals surface area contributed by atoms with E-state index in [0.29, 0.717) is 0 Å². The second kappa shape index (κ2) is 4.65. The Bertz CT molecular complexity index is 532. The van der Waals surface area contributed by atoms with Gasteiger partial charge in [0.05, 0.1) is 5.69 Å². The van der Waals surface area contributed by atoms with Gasteiger partial charge >= 0.3 is 0 Å². The third kappa shape index (κ3) is 2.60. The van der Waals surface area contributed by atoms with E-state index in [9.17, 15) is 0 Å².